The van der Waals surface area contributed by atoms with Gasteiger partial charge >= 0.3 is 5.69 Å². The normalized spacial score (nSPS) is 16.3. The van der Waals surface area contributed by atoms with Crippen molar-refractivity contribution in [2.24, 2.45) is 0 Å². The molecule has 2 aliphatic heterocycles. The molecule has 8 heteroatoms. The van der Waals surface area contributed by atoms with Crippen molar-refractivity contribution in [3.8, 4) is 5.75 Å². The predicted octanol–water partition coefficient (Wildman–Crippen LogP) is 1.89. The number of carbonyl (C=O) groups is 1. The van der Waals surface area contributed by atoms with Crippen LogP contribution in [0, 0.1) is 5.82 Å². The Morgan fingerprint density at radius 2 is 1.89 bits per heavy atom. The number of amides is 1. The summed E-state index contributed by atoms with van der Waals surface area (Å²) in [6.07, 6.45) is 0.495. The molecule has 7 nitrogen and oxygen atoms in total. The van der Waals surface area contributed by atoms with Crippen molar-refractivity contribution in [2.45, 2.75) is 6.42 Å². The first-order valence-electron chi connectivity index (χ1n) is 9.31. The van der Waals surface area contributed by atoms with Gasteiger partial charge in [0.2, 0.25) is 0 Å². The standard InChI is InChI=1S/C20H19FN4O3/c21-14-5-4-13(18-12(14)6-11-28-18)19(26)25-9-7-24(8-10-25)16-3-1-2-15-17(16)23-20(27)22-15/h1-5H,6-11H2,(H2,22,23,27). The maximum atomic E-state index is 13.9. The first-order chi connectivity index (χ1) is 13.6. The second-order valence-electron chi connectivity index (χ2n) is 7.06. The molecule has 0 spiro atoms. The number of aromatic nitrogens is 2. The van der Waals surface area contributed by atoms with Crippen LogP contribution in [0.25, 0.3) is 11.0 Å². The number of nitrogens with zero attached hydrogens (tertiary/aromatic N) is 2. The summed E-state index contributed by atoms with van der Waals surface area (Å²) >= 11 is 0. The van der Waals surface area contributed by atoms with E-state index in [4.69, 9.17) is 4.74 Å². The minimum absolute atomic E-state index is 0.133. The molecule has 144 valence electrons. The third-order valence-electron chi connectivity index (χ3n) is 5.47. The molecule has 0 atom stereocenters. The lowest BCUT2D eigenvalue weighted by molar-refractivity contribution is 0.0743. The molecule has 5 rings (SSSR count). The molecule has 0 unspecified atom stereocenters. The number of halogens is 1. The number of anilines is 1. The van der Waals surface area contributed by atoms with E-state index in [1.807, 2.05) is 18.2 Å². The van der Waals surface area contributed by atoms with Crippen LogP contribution in [0.15, 0.2) is 35.1 Å². The van der Waals surface area contributed by atoms with Gasteiger partial charge in [-0.2, -0.15) is 0 Å². The topological polar surface area (TPSA) is 81.4 Å². The van der Waals surface area contributed by atoms with E-state index in [-0.39, 0.29) is 17.4 Å². The number of carbonyl (C=O) groups excluding carboxylic acids is 1. The van der Waals surface area contributed by atoms with Gasteiger partial charge in [-0.15, -0.1) is 0 Å². The van der Waals surface area contributed by atoms with Crippen molar-refractivity contribution in [1.29, 1.82) is 0 Å². The third kappa shape index (κ3) is 2.64. The number of fused-ring (bicyclic) bond motifs is 2. The van der Waals surface area contributed by atoms with Gasteiger partial charge in [0.15, 0.2) is 0 Å². The van der Waals surface area contributed by atoms with Crippen LogP contribution in [-0.4, -0.2) is 53.6 Å². The molecule has 1 amide bonds. The number of imidazole rings is 1. The van der Waals surface area contributed by atoms with Crippen LogP contribution in [0.1, 0.15) is 15.9 Å². The largest absolute Gasteiger partial charge is 0.492 e. The Balaban J connectivity index is 1.36. The first kappa shape index (κ1) is 16.9. The van der Waals surface area contributed by atoms with E-state index < -0.39 is 0 Å². The molecule has 28 heavy (non-hydrogen) atoms. The molecule has 2 aromatic carbocycles. The molecule has 3 heterocycles. The summed E-state index contributed by atoms with van der Waals surface area (Å²) in [5.41, 5.74) is 3.17. The maximum absolute atomic E-state index is 13.9. The lowest BCUT2D eigenvalue weighted by Gasteiger charge is -2.36. The zero-order chi connectivity index (χ0) is 19.3. The number of aromatic amines is 2. The van der Waals surface area contributed by atoms with E-state index in [0.717, 1.165) is 16.7 Å². The second kappa shape index (κ2) is 6.40. The number of benzene rings is 2. The Kier molecular flexibility index (Phi) is 3.85. The molecule has 2 aliphatic rings. The predicted molar refractivity (Wildman–Crippen MR) is 103 cm³/mol. The van der Waals surface area contributed by atoms with Crippen LogP contribution in [0.2, 0.25) is 0 Å². The average molecular weight is 382 g/mol. The van der Waals surface area contributed by atoms with Gasteiger partial charge in [0.1, 0.15) is 11.6 Å². The van der Waals surface area contributed by atoms with Crippen molar-refractivity contribution in [3.05, 3.63) is 57.8 Å². The highest BCUT2D eigenvalue weighted by molar-refractivity contribution is 5.98. The molecule has 0 saturated carbocycles. The Morgan fingerprint density at radius 3 is 2.71 bits per heavy atom. The highest BCUT2D eigenvalue weighted by atomic mass is 19.1. The van der Waals surface area contributed by atoms with E-state index in [1.54, 1.807) is 4.90 Å². The first-order valence-corrected chi connectivity index (χ1v) is 9.31. The maximum Gasteiger partial charge on any atom is 0.323 e. The molecule has 0 bridgehead atoms. The Morgan fingerprint density at radius 1 is 1.07 bits per heavy atom. The van der Waals surface area contributed by atoms with Gasteiger partial charge in [-0.3, -0.25) is 4.79 Å². The van der Waals surface area contributed by atoms with E-state index in [9.17, 15) is 14.0 Å². The van der Waals surface area contributed by atoms with Crippen molar-refractivity contribution in [1.82, 2.24) is 14.9 Å². The van der Waals surface area contributed by atoms with Crippen LogP contribution in [0.3, 0.4) is 0 Å². The quantitative estimate of drug-likeness (QED) is 0.709. The number of rotatable bonds is 2. The van der Waals surface area contributed by atoms with Crippen molar-refractivity contribution >= 4 is 22.6 Å². The van der Waals surface area contributed by atoms with Crippen molar-refractivity contribution < 1.29 is 13.9 Å². The van der Waals surface area contributed by atoms with Gasteiger partial charge < -0.3 is 24.5 Å². The molecule has 1 fully saturated rings. The summed E-state index contributed by atoms with van der Waals surface area (Å²) in [5.74, 6) is -0.0596. The second-order valence-corrected chi connectivity index (χ2v) is 7.06. The van der Waals surface area contributed by atoms with Crippen LogP contribution >= 0.6 is 0 Å². The lowest BCUT2D eigenvalue weighted by atomic mass is 10.1. The Labute approximate surface area is 159 Å². The summed E-state index contributed by atoms with van der Waals surface area (Å²) in [4.78, 5) is 34.1. The van der Waals surface area contributed by atoms with Gasteiger partial charge in [-0.05, 0) is 24.3 Å². The number of H-pyrrole nitrogens is 2. The third-order valence-corrected chi connectivity index (χ3v) is 5.47. The fourth-order valence-corrected chi connectivity index (χ4v) is 4.05. The number of ether oxygens (including phenoxy) is 1. The number of piperazine rings is 1. The SMILES string of the molecule is O=C(c1ccc(F)c2c1OCC2)N1CCN(c2cccc3[nH]c(=O)[nH]c23)CC1. The zero-order valence-electron chi connectivity index (χ0n) is 15.1. The Bertz CT molecular complexity index is 1130. The summed E-state index contributed by atoms with van der Waals surface area (Å²) in [5, 5.41) is 0. The number of hydrogen-bond donors (Lipinski definition) is 2. The minimum atomic E-state index is -0.317. The smallest absolute Gasteiger partial charge is 0.323 e. The lowest BCUT2D eigenvalue weighted by Crippen LogP contribution is -2.49. The summed E-state index contributed by atoms with van der Waals surface area (Å²) in [7, 11) is 0. The van der Waals surface area contributed by atoms with E-state index >= 15 is 0 Å². The number of para-hydroxylation sites is 1. The molecule has 1 saturated heterocycles. The van der Waals surface area contributed by atoms with Crippen LogP contribution in [0.5, 0.6) is 5.75 Å². The number of hydrogen-bond acceptors (Lipinski definition) is 4. The molecule has 0 aliphatic carbocycles. The summed E-state index contributed by atoms with van der Waals surface area (Å²) in [6, 6.07) is 8.58. The van der Waals surface area contributed by atoms with Crippen molar-refractivity contribution in [2.75, 3.05) is 37.7 Å². The monoisotopic (exact) mass is 382 g/mol. The fourth-order valence-electron chi connectivity index (χ4n) is 4.05. The zero-order valence-corrected chi connectivity index (χ0v) is 15.1. The molecule has 3 aromatic rings. The van der Waals surface area contributed by atoms with E-state index in [0.29, 0.717) is 56.1 Å². The molecular weight excluding hydrogens is 363 g/mol. The molecular formula is C20H19FN4O3. The molecule has 0 radical (unpaired) electrons. The van der Waals surface area contributed by atoms with Gasteiger partial charge in [0, 0.05) is 38.2 Å². The average Bonchev–Trinajstić information content (AvgIpc) is 3.34. The van der Waals surface area contributed by atoms with Crippen LogP contribution in [0.4, 0.5) is 10.1 Å². The highest BCUT2D eigenvalue weighted by Crippen LogP contribution is 2.33. The Hall–Kier alpha value is -3.29. The van der Waals surface area contributed by atoms with E-state index in [2.05, 4.69) is 14.9 Å². The van der Waals surface area contributed by atoms with Crippen molar-refractivity contribution in [3.63, 3.8) is 0 Å². The van der Waals surface area contributed by atoms with Gasteiger partial charge in [0.05, 0.1) is 28.9 Å². The molecule has 1 aromatic heterocycles. The molecule has 2 N–H and O–H groups in total. The highest BCUT2D eigenvalue weighted by Gasteiger charge is 2.29. The van der Waals surface area contributed by atoms with Gasteiger partial charge in [0.25, 0.3) is 5.91 Å². The number of nitrogens with one attached hydrogen (secondary N) is 2. The van der Waals surface area contributed by atoms with E-state index in [1.165, 1.54) is 12.1 Å². The summed E-state index contributed by atoms with van der Waals surface area (Å²) in [6.45, 7) is 2.76. The van der Waals surface area contributed by atoms with Crippen LogP contribution < -0.4 is 15.3 Å². The minimum Gasteiger partial charge on any atom is -0.492 e. The fraction of sp³-hybridized carbons (Fsp3) is 0.300. The van der Waals surface area contributed by atoms with Gasteiger partial charge in [-0.25, -0.2) is 9.18 Å². The van der Waals surface area contributed by atoms with Crippen LogP contribution in [-0.2, 0) is 6.42 Å². The van der Waals surface area contributed by atoms with Gasteiger partial charge in [-0.1, -0.05) is 6.07 Å². The summed E-state index contributed by atoms with van der Waals surface area (Å²) < 4.78 is 19.4.